The maximum atomic E-state index is 12.5. The summed E-state index contributed by atoms with van der Waals surface area (Å²) in [5.74, 6) is -0.665. The minimum atomic E-state index is -3.66. The van der Waals surface area contributed by atoms with E-state index in [-0.39, 0.29) is 9.90 Å². The Labute approximate surface area is 101 Å². The number of nitrogens with one attached hydrogen (secondary N) is 1. The molecule has 90 valence electrons. The highest BCUT2D eigenvalue weighted by Gasteiger charge is 2.17. The minimum absolute atomic E-state index is 0.110. The van der Waals surface area contributed by atoms with Gasteiger partial charge < -0.3 is 0 Å². The molecule has 2 rings (SSSR count). The molecule has 0 unspecified atom stereocenters. The number of thiazole rings is 1. The largest absolute Gasteiger partial charge is 0.277 e. The Hall–Kier alpha value is -1.54. The fourth-order valence-electron chi connectivity index (χ4n) is 1.11. The zero-order valence-electron chi connectivity index (χ0n) is 8.71. The lowest BCUT2D eigenvalue weighted by Crippen LogP contribution is -2.11. The number of aryl methyl sites for hydroxylation is 1. The van der Waals surface area contributed by atoms with Gasteiger partial charge in [-0.25, -0.2) is 18.4 Å². The first-order valence-electron chi connectivity index (χ1n) is 4.54. The second kappa shape index (κ2) is 4.38. The van der Waals surface area contributed by atoms with Crippen LogP contribution in [-0.2, 0) is 10.0 Å². The summed E-state index contributed by atoms with van der Waals surface area (Å²) < 4.78 is 38.6. The molecule has 0 fully saturated rings. The van der Waals surface area contributed by atoms with Crippen LogP contribution >= 0.6 is 11.3 Å². The molecule has 0 atom stereocenters. The average Bonchev–Trinajstić information content (AvgIpc) is 2.69. The van der Waals surface area contributed by atoms with Crippen molar-refractivity contribution in [3.05, 3.63) is 35.5 Å². The molecule has 0 aliphatic heterocycles. The van der Waals surface area contributed by atoms with Gasteiger partial charge in [0.1, 0.15) is 0 Å². The zero-order valence-corrected chi connectivity index (χ0v) is 10.3. The van der Waals surface area contributed by atoms with Crippen molar-refractivity contribution in [3.8, 4) is 0 Å². The van der Waals surface area contributed by atoms with Crippen molar-refractivity contribution in [2.45, 2.75) is 11.1 Å². The van der Waals surface area contributed by atoms with Gasteiger partial charge in [0.05, 0.1) is 23.1 Å². The molecule has 0 amide bonds. The first kappa shape index (κ1) is 11.9. The summed E-state index contributed by atoms with van der Waals surface area (Å²) in [5.41, 5.74) is 0.206. The minimum Gasteiger partial charge on any atom is -0.277 e. The highest BCUT2D eigenvalue weighted by molar-refractivity contribution is 7.94. The number of anilines is 1. The van der Waals surface area contributed by atoms with Crippen molar-refractivity contribution in [3.63, 3.8) is 0 Å². The van der Waals surface area contributed by atoms with E-state index in [1.54, 1.807) is 6.92 Å². The third kappa shape index (κ3) is 2.77. The molecule has 0 aliphatic rings. The van der Waals surface area contributed by atoms with E-state index in [0.717, 1.165) is 23.6 Å². The Morgan fingerprint density at radius 2 is 2.06 bits per heavy atom. The van der Waals surface area contributed by atoms with Crippen LogP contribution in [0.4, 0.5) is 10.1 Å². The van der Waals surface area contributed by atoms with Gasteiger partial charge in [-0.2, -0.15) is 4.39 Å². The highest BCUT2D eigenvalue weighted by atomic mass is 32.2. The fourth-order valence-corrected chi connectivity index (χ4v) is 3.26. The van der Waals surface area contributed by atoms with E-state index in [2.05, 4.69) is 14.7 Å². The van der Waals surface area contributed by atoms with Gasteiger partial charge in [-0.15, -0.1) is 11.3 Å². The standard InChI is InChI=1S/C9H8FN3O2S2/c1-6-11-5-9(16-6)17(14,15)13-7-2-3-8(10)12-4-7/h2-5,13H,1H3. The quantitative estimate of drug-likeness (QED) is 0.865. The van der Waals surface area contributed by atoms with Crippen LogP contribution in [0.15, 0.2) is 28.7 Å². The molecule has 2 aromatic heterocycles. The van der Waals surface area contributed by atoms with Gasteiger partial charge in [0.25, 0.3) is 10.0 Å². The molecule has 0 saturated heterocycles. The molecule has 0 aliphatic carbocycles. The van der Waals surface area contributed by atoms with Crippen LogP contribution in [-0.4, -0.2) is 18.4 Å². The van der Waals surface area contributed by atoms with Gasteiger partial charge in [0, 0.05) is 0 Å². The van der Waals surface area contributed by atoms with Crippen LogP contribution in [0.5, 0.6) is 0 Å². The smallest absolute Gasteiger partial charge is 0.273 e. The fraction of sp³-hybridized carbons (Fsp3) is 0.111. The number of rotatable bonds is 3. The molecule has 2 heterocycles. The average molecular weight is 273 g/mol. The molecule has 2 aromatic rings. The van der Waals surface area contributed by atoms with Crippen LogP contribution in [0.2, 0.25) is 0 Å². The number of hydrogen-bond donors (Lipinski definition) is 1. The van der Waals surface area contributed by atoms with Gasteiger partial charge in [-0.05, 0) is 19.1 Å². The van der Waals surface area contributed by atoms with E-state index in [1.165, 1.54) is 12.3 Å². The summed E-state index contributed by atoms with van der Waals surface area (Å²) in [7, 11) is -3.66. The van der Waals surface area contributed by atoms with E-state index in [4.69, 9.17) is 0 Å². The Kier molecular flexibility index (Phi) is 3.07. The number of hydrogen-bond acceptors (Lipinski definition) is 5. The van der Waals surface area contributed by atoms with Gasteiger partial charge in [-0.1, -0.05) is 0 Å². The first-order chi connectivity index (χ1) is 7.97. The van der Waals surface area contributed by atoms with E-state index in [9.17, 15) is 12.8 Å². The van der Waals surface area contributed by atoms with Gasteiger partial charge in [0.2, 0.25) is 5.95 Å². The van der Waals surface area contributed by atoms with Gasteiger partial charge >= 0.3 is 0 Å². The molecule has 8 heteroatoms. The molecule has 0 radical (unpaired) electrons. The maximum Gasteiger partial charge on any atom is 0.273 e. The lowest BCUT2D eigenvalue weighted by atomic mass is 10.4. The molecule has 0 bridgehead atoms. The molecule has 0 aromatic carbocycles. The Morgan fingerprint density at radius 1 is 1.29 bits per heavy atom. The third-order valence-corrected chi connectivity index (χ3v) is 4.60. The van der Waals surface area contributed by atoms with Crippen molar-refractivity contribution in [1.29, 1.82) is 0 Å². The lowest BCUT2D eigenvalue weighted by Gasteiger charge is -2.04. The highest BCUT2D eigenvalue weighted by Crippen LogP contribution is 2.20. The maximum absolute atomic E-state index is 12.5. The molecular weight excluding hydrogens is 265 g/mol. The van der Waals surface area contributed by atoms with Crippen molar-refractivity contribution in [2.24, 2.45) is 0 Å². The van der Waals surface area contributed by atoms with E-state index in [0.29, 0.717) is 5.01 Å². The van der Waals surface area contributed by atoms with Gasteiger partial charge in [0.15, 0.2) is 4.21 Å². The zero-order chi connectivity index (χ0) is 12.5. The van der Waals surface area contributed by atoms with Crippen LogP contribution < -0.4 is 4.72 Å². The van der Waals surface area contributed by atoms with Crippen LogP contribution in [0.25, 0.3) is 0 Å². The van der Waals surface area contributed by atoms with E-state index >= 15 is 0 Å². The second-order valence-electron chi connectivity index (χ2n) is 3.17. The van der Waals surface area contributed by atoms with Crippen molar-refractivity contribution >= 4 is 27.0 Å². The SMILES string of the molecule is Cc1ncc(S(=O)(=O)Nc2ccc(F)nc2)s1. The van der Waals surface area contributed by atoms with Crippen LogP contribution in [0, 0.1) is 12.9 Å². The summed E-state index contributed by atoms with van der Waals surface area (Å²) in [6.45, 7) is 1.71. The molecular formula is C9H8FN3O2S2. The van der Waals surface area contributed by atoms with Crippen molar-refractivity contribution in [1.82, 2.24) is 9.97 Å². The van der Waals surface area contributed by atoms with Crippen molar-refractivity contribution in [2.75, 3.05) is 4.72 Å². The molecule has 17 heavy (non-hydrogen) atoms. The molecule has 1 N–H and O–H groups in total. The number of pyridine rings is 1. The number of aromatic nitrogens is 2. The van der Waals surface area contributed by atoms with Crippen molar-refractivity contribution < 1.29 is 12.8 Å². The van der Waals surface area contributed by atoms with Gasteiger partial charge in [-0.3, -0.25) is 4.72 Å². The lowest BCUT2D eigenvalue weighted by molar-refractivity contribution is 0.583. The number of nitrogens with zero attached hydrogens (tertiary/aromatic N) is 2. The summed E-state index contributed by atoms with van der Waals surface area (Å²) in [6, 6.07) is 2.38. The summed E-state index contributed by atoms with van der Waals surface area (Å²) in [6.07, 6.45) is 2.39. The van der Waals surface area contributed by atoms with E-state index in [1.807, 2.05) is 0 Å². The molecule has 0 saturated carbocycles. The topological polar surface area (TPSA) is 72.0 Å². The summed E-state index contributed by atoms with van der Waals surface area (Å²) in [5, 5.41) is 0.655. The number of sulfonamides is 1. The third-order valence-electron chi connectivity index (χ3n) is 1.84. The Balaban J connectivity index is 2.26. The summed E-state index contributed by atoms with van der Waals surface area (Å²) in [4.78, 5) is 7.22. The molecule has 5 nitrogen and oxygen atoms in total. The second-order valence-corrected chi connectivity index (χ2v) is 6.32. The predicted molar refractivity (Wildman–Crippen MR) is 61.9 cm³/mol. The molecule has 0 spiro atoms. The van der Waals surface area contributed by atoms with E-state index < -0.39 is 16.0 Å². The number of halogens is 1. The van der Waals surface area contributed by atoms with Crippen LogP contribution in [0.1, 0.15) is 5.01 Å². The predicted octanol–water partition coefficient (Wildman–Crippen LogP) is 1.79. The first-order valence-corrected chi connectivity index (χ1v) is 6.84. The monoisotopic (exact) mass is 273 g/mol. The Morgan fingerprint density at radius 3 is 2.59 bits per heavy atom. The summed E-state index contributed by atoms with van der Waals surface area (Å²) >= 11 is 1.06. The Bertz CT molecular complexity index is 622. The van der Waals surface area contributed by atoms with Crippen LogP contribution in [0.3, 0.4) is 0 Å². The normalized spacial score (nSPS) is 11.4.